The molecule has 0 saturated carbocycles. The second-order valence-electron chi connectivity index (χ2n) is 7.11. The Balaban J connectivity index is 0.00000289. The molecule has 3 aromatic rings. The number of aromatic nitrogens is 1. The van der Waals surface area contributed by atoms with E-state index in [0.29, 0.717) is 28.4 Å². The summed E-state index contributed by atoms with van der Waals surface area (Å²) < 4.78 is 23.8. The van der Waals surface area contributed by atoms with Gasteiger partial charge in [0, 0.05) is 28.8 Å². The first-order valence-corrected chi connectivity index (χ1v) is 9.88. The molecule has 2 heterocycles. The van der Waals surface area contributed by atoms with Gasteiger partial charge >= 0.3 is 0 Å². The van der Waals surface area contributed by atoms with E-state index in [2.05, 4.69) is 10.6 Å². The Morgan fingerprint density at radius 3 is 2.47 bits per heavy atom. The lowest BCUT2D eigenvalue weighted by Crippen LogP contribution is -3.00. The first kappa shape index (κ1) is 23.3. The highest BCUT2D eigenvalue weighted by Gasteiger charge is 2.28. The number of rotatable bonds is 6. The molecule has 7 heteroatoms. The summed E-state index contributed by atoms with van der Waals surface area (Å²) in [4.78, 5) is 13.0. The summed E-state index contributed by atoms with van der Waals surface area (Å²) in [6.45, 7) is 0.967. The highest BCUT2D eigenvalue weighted by molar-refractivity contribution is 6.12. The number of carbonyl (C=O) groups is 1. The molecule has 32 heavy (non-hydrogen) atoms. The average molecular weight is 498 g/mol. The number of allylic oxidation sites excluding steroid dienone is 1. The van der Waals surface area contributed by atoms with E-state index in [9.17, 15) is 4.79 Å². The van der Waals surface area contributed by atoms with Gasteiger partial charge in [-0.15, -0.1) is 0 Å². The van der Waals surface area contributed by atoms with E-state index in [0.717, 1.165) is 23.4 Å². The number of benzene rings is 2. The van der Waals surface area contributed by atoms with E-state index in [1.165, 1.54) is 0 Å². The van der Waals surface area contributed by atoms with Gasteiger partial charge in [0.05, 0.1) is 21.3 Å². The van der Waals surface area contributed by atoms with E-state index in [1.807, 2.05) is 42.7 Å². The third kappa shape index (κ3) is 4.78. The largest absolute Gasteiger partial charge is 1.00 e. The van der Waals surface area contributed by atoms with Crippen molar-refractivity contribution in [3.63, 3.8) is 0 Å². The number of carbonyl (C=O) groups excluding carboxylic acids is 1. The quantitative estimate of drug-likeness (QED) is 0.372. The highest BCUT2D eigenvalue weighted by atomic mass is 79.9. The van der Waals surface area contributed by atoms with Gasteiger partial charge in [-0.05, 0) is 35.9 Å². The van der Waals surface area contributed by atoms with Crippen LogP contribution in [-0.4, -0.2) is 27.1 Å². The van der Waals surface area contributed by atoms with Gasteiger partial charge < -0.3 is 35.9 Å². The molecule has 0 radical (unpaired) electrons. The number of ketones is 1. The zero-order valence-corrected chi connectivity index (χ0v) is 19.7. The van der Waals surface area contributed by atoms with Gasteiger partial charge in [-0.2, -0.15) is 0 Å². The molecule has 0 saturated heterocycles. The lowest BCUT2D eigenvalue weighted by atomic mass is 9.98. The zero-order chi connectivity index (χ0) is 21.8. The van der Waals surface area contributed by atoms with Crippen LogP contribution in [-0.2, 0) is 17.9 Å². The average Bonchev–Trinajstić information content (AvgIpc) is 2.81. The Morgan fingerprint density at radius 2 is 1.78 bits per heavy atom. The monoisotopic (exact) mass is 497 g/mol. The summed E-state index contributed by atoms with van der Waals surface area (Å²) in [5.74, 6) is 2.09. The summed E-state index contributed by atoms with van der Waals surface area (Å²) in [5, 5.41) is 0. The minimum Gasteiger partial charge on any atom is -1.00 e. The molecule has 166 valence electrons. The number of ether oxygens (including phenoxy) is 4. The summed E-state index contributed by atoms with van der Waals surface area (Å²) in [5.41, 5.74) is 3.30. The van der Waals surface area contributed by atoms with Crippen molar-refractivity contribution >= 4 is 11.9 Å². The fraction of sp³-hybridized carbons (Fsp3) is 0.200. The van der Waals surface area contributed by atoms with Gasteiger partial charge in [-0.1, -0.05) is 12.1 Å². The number of Topliss-reactive ketones (excluding diaryl/α,β-unsaturated/α-hetero) is 1. The minimum absolute atomic E-state index is 0. The van der Waals surface area contributed by atoms with E-state index in [4.69, 9.17) is 18.9 Å². The van der Waals surface area contributed by atoms with Gasteiger partial charge in [0.25, 0.3) is 0 Å². The molecule has 0 fully saturated rings. The lowest BCUT2D eigenvalue weighted by molar-refractivity contribution is -0.688. The number of nitrogens with zero attached hydrogens (tertiary/aromatic N) is 1. The van der Waals surface area contributed by atoms with Crippen molar-refractivity contribution in [1.82, 2.24) is 0 Å². The molecule has 1 aromatic heterocycles. The topological polar surface area (TPSA) is 57.9 Å². The fourth-order valence-electron chi connectivity index (χ4n) is 3.61. The van der Waals surface area contributed by atoms with Crippen LogP contribution in [0.15, 0.2) is 66.7 Å². The predicted octanol–water partition coefficient (Wildman–Crippen LogP) is 0.806. The fourth-order valence-corrected chi connectivity index (χ4v) is 3.61. The number of pyridine rings is 1. The van der Waals surface area contributed by atoms with Crippen molar-refractivity contribution < 1.29 is 45.3 Å². The van der Waals surface area contributed by atoms with Crippen LogP contribution >= 0.6 is 0 Å². The maximum Gasteiger partial charge on any atom is 0.228 e. The summed E-state index contributed by atoms with van der Waals surface area (Å²) >= 11 is 0. The van der Waals surface area contributed by atoms with E-state index < -0.39 is 0 Å². The van der Waals surface area contributed by atoms with Crippen molar-refractivity contribution in [3.8, 4) is 17.2 Å². The second kappa shape index (κ2) is 10.3. The van der Waals surface area contributed by atoms with Crippen LogP contribution in [0.2, 0.25) is 0 Å². The van der Waals surface area contributed by atoms with Crippen LogP contribution < -0.4 is 35.8 Å². The Morgan fingerprint density at radius 1 is 1.00 bits per heavy atom. The Hall–Kier alpha value is -3.32. The molecule has 0 N–H and O–H groups in total. The molecule has 0 aliphatic carbocycles. The third-order valence-corrected chi connectivity index (χ3v) is 5.20. The summed E-state index contributed by atoms with van der Waals surface area (Å²) in [6.07, 6.45) is 5.71. The van der Waals surface area contributed by atoms with Crippen LogP contribution in [0.1, 0.15) is 27.0 Å². The van der Waals surface area contributed by atoms with Crippen molar-refractivity contribution in [2.24, 2.45) is 0 Å². The van der Waals surface area contributed by atoms with Gasteiger partial charge in [0.1, 0.15) is 12.4 Å². The van der Waals surface area contributed by atoms with Gasteiger partial charge in [-0.3, -0.25) is 4.79 Å². The first-order valence-electron chi connectivity index (χ1n) is 9.88. The molecule has 0 amide bonds. The van der Waals surface area contributed by atoms with E-state index in [-0.39, 0.29) is 29.4 Å². The first-order chi connectivity index (χ1) is 15.1. The lowest BCUT2D eigenvalue weighted by Gasteiger charge is -2.22. The number of fused-ring (bicyclic) bond motifs is 1. The normalized spacial score (nSPS) is 13.6. The number of hydrogen-bond acceptors (Lipinski definition) is 5. The molecule has 6 nitrogen and oxygen atoms in total. The maximum atomic E-state index is 13.0. The second-order valence-corrected chi connectivity index (χ2v) is 7.11. The molecule has 0 spiro atoms. The third-order valence-electron chi connectivity index (χ3n) is 5.20. The van der Waals surface area contributed by atoms with Gasteiger partial charge in [-0.25, -0.2) is 4.57 Å². The Bertz CT molecular complexity index is 1140. The molecular weight excluding hydrogens is 474 g/mol. The number of halogens is 1. The molecule has 0 bridgehead atoms. The van der Waals surface area contributed by atoms with Crippen LogP contribution in [0.25, 0.3) is 6.08 Å². The minimum atomic E-state index is -0.171. The van der Waals surface area contributed by atoms with Crippen LogP contribution in [0.3, 0.4) is 0 Å². The molecule has 0 unspecified atom stereocenters. The number of methoxy groups -OCH3 is 3. The van der Waals surface area contributed by atoms with Gasteiger partial charge in [0.15, 0.2) is 36.2 Å². The van der Waals surface area contributed by atoms with Crippen molar-refractivity contribution in [2.45, 2.75) is 13.2 Å². The van der Waals surface area contributed by atoms with Crippen molar-refractivity contribution in [3.05, 3.63) is 88.9 Å². The Kier molecular flexibility index (Phi) is 7.53. The summed E-state index contributed by atoms with van der Waals surface area (Å²) in [7, 11) is 4.78. The SMILES string of the molecule is COc1cccc(C[n+]2ccc(/C=C3\OCc4c(ccc(OC)c4OC)C3=O)cc2)c1.[Br-]. The molecular formula is C25H24BrNO5. The molecule has 1 aliphatic rings. The summed E-state index contributed by atoms with van der Waals surface area (Å²) in [6, 6.07) is 15.4. The number of hydrogen-bond donors (Lipinski definition) is 0. The zero-order valence-electron chi connectivity index (χ0n) is 18.1. The van der Waals surface area contributed by atoms with E-state index >= 15 is 0 Å². The van der Waals surface area contributed by atoms with Gasteiger partial charge in [0.2, 0.25) is 5.78 Å². The molecule has 2 aromatic carbocycles. The van der Waals surface area contributed by atoms with Crippen molar-refractivity contribution in [1.29, 1.82) is 0 Å². The standard InChI is InChI=1S/C25H24NO5.BrH/c1-28-19-6-4-5-18(13-19)15-26-11-9-17(10-12-26)14-23-24(27)20-7-8-22(29-2)25(30-3)21(20)16-31-23;/h4-14H,15-16H2,1-3H3;1H/q+1;/p-1/b23-14-;. The molecule has 0 atom stereocenters. The maximum absolute atomic E-state index is 13.0. The van der Waals surface area contributed by atoms with Crippen LogP contribution in [0.4, 0.5) is 0 Å². The van der Waals surface area contributed by atoms with Crippen LogP contribution in [0, 0.1) is 0 Å². The smallest absolute Gasteiger partial charge is 0.228 e. The van der Waals surface area contributed by atoms with Crippen molar-refractivity contribution in [2.75, 3.05) is 21.3 Å². The van der Waals surface area contributed by atoms with E-state index in [1.54, 1.807) is 39.5 Å². The predicted molar refractivity (Wildman–Crippen MR) is 115 cm³/mol. The highest BCUT2D eigenvalue weighted by Crippen LogP contribution is 2.37. The Labute approximate surface area is 197 Å². The van der Waals surface area contributed by atoms with Crippen LogP contribution in [0.5, 0.6) is 17.2 Å². The molecule has 4 rings (SSSR count). The molecule has 1 aliphatic heterocycles.